The van der Waals surface area contributed by atoms with Gasteiger partial charge in [-0.15, -0.1) is 0 Å². The van der Waals surface area contributed by atoms with E-state index in [4.69, 9.17) is 9.47 Å². The number of benzene rings is 2. The molecule has 1 heterocycles. The lowest BCUT2D eigenvalue weighted by Gasteiger charge is -2.18. The molecule has 0 bridgehead atoms. The van der Waals surface area contributed by atoms with Gasteiger partial charge in [-0.2, -0.15) is 0 Å². The van der Waals surface area contributed by atoms with E-state index < -0.39 is 17.6 Å². The predicted molar refractivity (Wildman–Crippen MR) is 110 cm³/mol. The van der Waals surface area contributed by atoms with Gasteiger partial charge in [-0.25, -0.2) is 14.2 Å². The molecule has 0 radical (unpaired) electrons. The van der Waals surface area contributed by atoms with Crippen LogP contribution in [0.4, 0.5) is 15.3 Å². The van der Waals surface area contributed by atoms with Crippen molar-refractivity contribution in [2.45, 2.75) is 13.8 Å². The Morgan fingerprint density at radius 3 is 2.33 bits per heavy atom. The maximum absolute atomic E-state index is 12.8. The van der Waals surface area contributed by atoms with E-state index in [-0.39, 0.29) is 52.6 Å². The lowest BCUT2D eigenvalue weighted by atomic mass is 10.1. The number of amides is 1. The van der Waals surface area contributed by atoms with Gasteiger partial charge in [-0.05, 0) is 38.1 Å². The zero-order chi connectivity index (χ0) is 21.8. The molecule has 0 atom stereocenters. The van der Waals surface area contributed by atoms with Gasteiger partial charge < -0.3 is 19.7 Å². The highest BCUT2D eigenvalue weighted by atomic mass is 16.6. The average molecular weight is 412 g/mol. The van der Waals surface area contributed by atoms with Crippen LogP contribution in [0.3, 0.4) is 0 Å². The molecule has 3 rings (SSSR count). The summed E-state index contributed by atoms with van der Waals surface area (Å²) in [5.74, 6) is -0.290. The second-order valence-corrected chi connectivity index (χ2v) is 6.20. The molecule has 9 heteroatoms. The van der Waals surface area contributed by atoms with E-state index in [1.165, 1.54) is 42.5 Å². The van der Waals surface area contributed by atoms with Crippen LogP contribution in [0.2, 0.25) is 0 Å². The SMILES string of the molecule is CCOC(=O)Nc1cc(O)ccc1-c1cc(=O)c2ccc(O)cc2n1C(=O)OCC. The summed E-state index contributed by atoms with van der Waals surface area (Å²) in [6.07, 6.45) is -1.55. The van der Waals surface area contributed by atoms with Gasteiger partial charge in [0, 0.05) is 29.1 Å². The first-order valence-electron chi connectivity index (χ1n) is 9.18. The molecule has 30 heavy (non-hydrogen) atoms. The number of fused-ring (bicyclic) bond motifs is 1. The Hall–Kier alpha value is -4.01. The zero-order valence-corrected chi connectivity index (χ0v) is 16.3. The van der Waals surface area contributed by atoms with Gasteiger partial charge >= 0.3 is 12.2 Å². The van der Waals surface area contributed by atoms with Crippen molar-refractivity contribution in [3.8, 4) is 22.8 Å². The number of carbonyl (C=O) groups is 2. The third-order valence-corrected chi connectivity index (χ3v) is 4.24. The van der Waals surface area contributed by atoms with Crippen LogP contribution in [0.15, 0.2) is 47.3 Å². The third-order valence-electron chi connectivity index (χ3n) is 4.24. The van der Waals surface area contributed by atoms with Crippen LogP contribution in [-0.2, 0) is 9.47 Å². The molecule has 0 aliphatic rings. The molecule has 0 aliphatic carbocycles. The summed E-state index contributed by atoms with van der Waals surface area (Å²) in [4.78, 5) is 37.4. The van der Waals surface area contributed by atoms with Gasteiger partial charge in [-0.1, -0.05) is 0 Å². The molecular formula is C21H20N2O7. The van der Waals surface area contributed by atoms with Gasteiger partial charge in [0.25, 0.3) is 0 Å². The molecule has 0 spiro atoms. The molecule has 156 valence electrons. The van der Waals surface area contributed by atoms with Crippen molar-refractivity contribution >= 4 is 28.8 Å². The van der Waals surface area contributed by atoms with Crippen molar-refractivity contribution in [1.82, 2.24) is 4.57 Å². The van der Waals surface area contributed by atoms with Crippen molar-refractivity contribution in [2.75, 3.05) is 18.5 Å². The normalized spacial score (nSPS) is 10.6. The Morgan fingerprint density at radius 2 is 1.63 bits per heavy atom. The van der Waals surface area contributed by atoms with E-state index in [9.17, 15) is 24.6 Å². The summed E-state index contributed by atoms with van der Waals surface area (Å²) in [6.45, 7) is 3.47. The Labute approximate surface area is 171 Å². The molecule has 0 aliphatic heterocycles. The van der Waals surface area contributed by atoms with Gasteiger partial charge in [0.15, 0.2) is 5.43 Å². The summed E-state index contributed by atoms with van der Waals surface area (Å²) in [7, 11) is 0. The van der Waals surface area contributed by atoms with Crippen LogP contribution in [0.5, 0.6) is 11.5 Å². The van der Waals surface area contributed by atoms with Crippen LogP contribution in [0, 0.1) is 0 Å². The van der Waals surface area contributed by atoms with E-state index in [1.54, 1.807) is 13.8 Å². The van der Waals surface area contributed by atoms with E-state index in [1.807, 2.05) is 0 Å². The molecule has 1 amide bonds. The zero-order valence-electron chi connectivity index (χ0n) is 16.3. The van der Waals surface area contributed by atoms with Gasteiger partial charge in [0.05, 0.1) is 30.1 Å². The highest BCUT2D eigenvalue weighted by Gasteiger charge is 2.21. The fourth-order valence-corrected chi connectivity index (χ4v) is 3.03. The summed E-state index contributed by atoms with van der Waals surface area (Å²) in [5, 5.41) is 22.5. The fourth-order valence-electron chi connectivity index (χ4n) is 3.03. The molecule has 0 fully saturated rings. The largest absolute Gasteiger partial charge is 0.508 e. The Morgan fingerprint density at radius 1 is 0.967 bits per heavy atom. The lowest BCUT2D eigenvalue weighted by Crippen LogP contribution is -2.21. The first-order valence-corrected chi connectivity index (χ1v) is 9.18. The van der Waals surface area contributed by atoms with Crippen molar-refractivity contribution in [3.05, 3.63) is 52.7 Å². The summed E-state index contributed by atoms with van der Waals surface area (Å²) < 4.78 is 11.1. The van der Waals surface area contributed by atoms with Crippen molar-refractivity contribution < 1.29 is 29.3 Å². The number of hydrogen-bond donors (Lipinski definition) is 3. The predicted octanol–water partition coefficient (Wildman–Crippen LogP) is 3.65. The third kappa shape index (κ3) is 4.04. The lowest BCUT2D eigenvalue weighted by molar-refractivity contribution is 0.155. The second kappa shape index (κ2) is 8.56. The van der Waals surface area contributed by atoms with Gasteiger partial charge in [-0.3, -0.25) is 10.1 Å². The fraction of sp³-hybridized carbons (Fsp3) is 0.190. The Kier molecular flexibility index (Phi) is 5.91. The number of hydrogen-bond acceptors (Lipinski definition) is 7. The minimum absolute atomic E-state index is 0.0776. The molecule has 0 saturated carbocycles. The number of phenolic OH excluding ortho intramolecular Hbond substituents is 2. The maximum atomic E-state index is 12.8. The van der Waals surface area contributed by atoms with Crippen molar-refractivity contribution in [3.63, 3.8) is 0 Å². The number of carbonyl (C=O) groups excluding carboxylic acids is 2. The molecule has 9 nitrogen and oxygen atoms in total. The standard InChI is InChI=1S/C21H20N2O7/c1-3-29-20(27)22-16-9-12(24)5-7-14(16)18-11-19(26)15-8-6-13(25)10-17(15)23(18)21(28)30-4-2/h5-11,24-25H,3-4H2,1-2H3,(H,22,27). The smallest absolute Gasteiger partial charge is 0.418 e. The van der Waals surface area contributed by atoms with Gasteiger partial charge in [0.1, 0.15) is 11.5 Å². The maximum Gasteiger partial charge on any atom is 0.418 e. The quantitative estimate of drug-likeness (QED) is 0.597. The Bertz CT molecular complexity index is 1180. The molecule has 3 aromatic rings. The van der Waals surface area contributed by atoms with Crippen LogP contribution >= 0.6 is 0 Å². The number of phenols is 2. The number of ether oxygens (including phenoxy) is 2. The number of pyridine rings is 1. The minimum Gasteiger partial charge on any atom is -0.508 e. The molecule has 3 N–H and O–H groups in total. The van der Waals surface area contributed by atoms with Crippen LogP contribution in [0.25, 0.3) is 22.2 Å². The number of anilines is 1. The topological polar surface area (TPSA) is 127 Å². The van der Waals surface area contributed by atoms with E-state index in [2.05, 4.69) is 5.32 Å². The van der Waals surface area contributed by atoms with Gasteiger partial charge in [0.2, 0.25) is 0 Å². The first kappa shape index (κ1) is 20.7. The Balaban J connectivity index is 2.33. The first-order chi connectivity index (χ1) is 14.3. The highest BCUT2D eigenvalue weighted by Crippen LogP contribution is 2.33. The van der Waals surface area contributed by atoms with Crippen molar-refractivity contribution in [1.29, 1.82) is 0 Å². The number of nitrogens with one attached hydrogen (secondary N) is 1. The molecule has 0 unspecified atom stereocenters. The average Bonchev–Trinajstić information content (AvgIpc) is 2.68. The van der Waals surface area contributed by atoms with Crippen LogP contribution in [0.1, 0.15) is 13.8 Å². The van der Waals surface area contributed by atoms with E-state index >= 15 is 0 Å². The number of aromatic hydroxyl groups is 2. The molecular weight excluding hydrogens is 392 g/mol. The molecule has 2 aromatic carbocycles. The number of aromatic nitrogens is 1. The monoisotopic (exact) mass is 412 g/mol. The van der Waals surface area contributed by atoms with E-state index in [0.717, 1.165) is 4.57 Å². The van der Waals surface area contributed by atoms with Crippen LogP contribution in [-0.4, -0.2) is 40.2 Å². The number of nitrogens with zero attached hydrogens (tertiary/aromatic N) is 1. The number of rotatable bonds is 4. The summed E-state index contributed by atoms with van der Waals surface area (Å²) >= 11 is 0. The van der Waals surface area contributed by atoms with Crippen LogP contribution < -0.4 is 10.7 Å². The minimum atomic E-state index is -0.779. The van der Waals surface area contributed by atoms with E-state index in [0.29, 0.717) is 0 Å². The summed E-state index contributed by atoms with van der Waals surface area (Å²) in [5.41, 5.74) is 0.201. The molecule has 0 saturated heterocycles. The molecule has 1 aromatic heterocycles. The van der Waals surface area contributed by atoms with Crippen molar-refractivity contribution in [2.24, 2.45) is 0 Å². The second-order valence-electron chi connectivity index (χ2n) is 6.20. The highest BCUT2D eigenvalue weighted by molar-refractivity contribution is 5.97. The summed E-state index contributed by atoms with van der Waals surface area (Å²) in [6, 6.07) is 9.29.